The Morgan fingerprint density at radius 2 is 2.26 bits per heavy atom. The van der Waals surface area contributed by atoms with Crippen LogP contribution in [0, 0.1) is 0 Å². The van der Waals surface area contributed by atoms with Gasteiger partial charge in [-0.2, -0.15) is 0 Å². The number of nitrogens with one attached hydrogen (secondary N) is 1. The average molecular weight is 263 g/mol. The monoisotopic (exact) mass is 263 g/mol. The van der Waals surface area contributed by atoms with E-state index in [0.717, 1.165) is 17.7 Å². The first kappa shape index (κ1) is 15.3. The predicted octanol–water partition coefficient (Wildman–Crippen LogP) is 0.962. The summed E-state index contributed by atoms with van der Waals surface area (Å²) in [6, 6.07) is 1.89. The number of amides is 1. The highest BCUT2D eigenvalue weighted by molar-refractivity contribution is 5.87. The third-order valence-corrected chi connectivity index (χ3v) is 2.50. The second kappa shape index (κ2) is 8.39. The molecule has 1 N–H and O–H groups in total. The zero-order valence-electron chi connectivity index (χ0n) is 11.7. The van der Waals surface area contributed by atoms with Crippen LogP contribution in [0.15, 0.2) is 30.6 Å². The number of carbonyl (C=O) groups excluding carboxylic acids is 1. The van der Waals surface area contributed by atoms with Crippen molar-refractivity contribution in [3.8, 4) is 0 Å². The lowest BCUT2D eigenvalue weighted by Gasteiger charge is -2.08. The molecule has 0 radical (unpaired) electrons. The van der Waals surface area contributed by atoms with Crippen LogP contribution in [0.1, 0.15) is 11.1 Å². The Morgan fingerprint density at radius 3 is 2.95 bits per heavy atom. The number of aromatic nitrogens is 1. The molecule has 5 nitrogen and oxygen atoms in total. The van der Waals surface area contributed by atoms with Crippen molar-refractivity contribution in [3.05, 3.63) is 41.7 Å². The van der Waals surface area contributed by atoms with Gasteiger partial charge in [0.2, 0.25) is 5.91 Å². The van der Waals surface area contributed by atoms with Crippen molar-refractivity contribution >= 4 is 5.91 Å². The van der Waals surface area contributed by atoms with Crippen LogP contribution in [0.25, 0.3) is 0 Å². The lowest BCUT2D eigenvalue weighted by molar-refractivity contribution is -0.116. The molecule has 0 aromatic carbocycles. The van der Waals surface area contributed by atoms with Gasteiger partial charge in [-0.15, -0.1) is 0 Å². The summed E-state index contributed by atoms with van der Waals surface area (Å²) in [6.07, 6.45) is 6.85. The Kier molecular flexibility index (Phi) is 6.78. The predicted molar refractivity (Wildman–Crippen MR) is 74.5 cm³/mol. The molecule has 1 aromatic heterocycles. The summed E-state index contributed by atoms with van der Waals surface area (Å²) >= 11 is 0. The van der Waals surface area contributed by atoms with Crippen molar-refractivity contribution in [1.29, 1.82) is 0 Å². The van der Waals surface area contributed by atoms with Gasteiger partial charge in [0.05, 0.1) is 6.61 Å². The van der Waals surface area contributed by atoms with Gasteiger partial charge in [-0.25, -0.2) is 0 Å². The fourth-order valence-electron chi connectivity index (χ4n) is 1.53. The largest absolute Gasteiger partial charge is 0.380 e. The van der Waals surface area contributed by atoms with Crippen LogP contribution in [-0.4, -0.2) is 43.5 Å². The first-order chi connectivity index (χ1) is 9.13. The summed E-state index contributed by atoms with van der Waals surface area (Å²) in [7, 11) is 5.55. The highest BCUT2D eigenvalue weighted by atomic mass is 16.5. The lowest BCUT2D eigenvalue weighted by Crippen LogP contribution is -2.22. The minimum Gasteiger partial charge on any atom is -0.380 e. The summed E-state index contributed by atoms with van der Waals surface area (Å²) < 4.78 is 5.09. The van der Waals surface area contributed by atoms with E-state index in [9.17, 15) is 4.79 Å². The summed E-state index contributed by atoms with van der Waals surface area (Å²) in [5.41, 5.74) is 2.01. The van der Waals surface area contributed by atoms with Crippen LogP contribution in [0.2, 0.25) is 0 Å². The van der Waals surface area contributed by atoms with E-state index < -0.39 is 0 Å². The van der Waals surface area contributed by atoms with E-state index >= 15 is 0 Å². The Balaban J connectivity index is 2.48. The van der Waals surface area contributed by atoms with Gasteiger partial charge in [0, 0.05) is 44.2 Å². The number of ether oxygens (including phenoxy) is 1. The molecule has 1 aromatic rings. The van der Waals surface area contributed by atoms with Crippen molar-refractivity contribution < 1.29 is 9.53 Å². The highest BCUT2D eigenvalue weighted by Crippen LogP contribution is 2.07. The molecule has 0 spiro atoms. The van der Waals surface area contributed by atoms with Crippen molar-refractivity contribution in [2.24, 2.45) is 0 Å². The normalized spacial score (nSPS) is 11.2. The quantitative estimate of drug-likeness (QED) is 0.745. The maximum absolute atomic E-state index is 11.6. The zero-order valence-corrected chi connectivity index (χ0v) is 11.7. The van der Waals surface area contributed by atoms with Crippen molar-refractivity contribution in [3.63, 3.8) is 0 Å². The summed E-state index contributed by atoms with van der Waals surface area (Å²) in [5.74, 6) is -0.0953. The fourth-order valence-corrected chi connectivity index (χ4v) is 1.53. The van der Waals surface area contributed by atoms with E-state index in [-0.39, 0.29) is 5.91 Å². The third-order valence-electron chi connectivity index (χ3n) is 2.50. The fraction of sp³-hybridized carbons (Fsp3) is 0.429. The summed E-state index contributed by atoms with van der Waals surface area (Å²) in [6.45, 7) is 1.72. The smallest absolute Gasteiger partial charge is 0.243 e. The number of likely N-dealkylation sites (N-methyl/N-ethyl adjacent to an activating group) is 1. The van der Waals surface area contributed by atoms with Crippen LogP contribution in [0.4, 0.5) is 0 Å². The molecule has 0 saturated heterocycles. The van der Waals surface area contributed by atoms with Gasteiger partial charge in [-0.3, -0.25) is 9.78 Å². The second-order valence-electron chi connectivity index (χ2n) is 4.46. The average Bonchev–Trinajstić information content (AvgIpc) is 2.37. The molecule has 5 heteroatoms. The summed E-state index contributed by atoms with van der Waals surface area (Å²) in [5, 5.41) is 2.84. The molecule has 0 aliphatic heterocycles. The molecule has 19 heavy (non-hydrogen) atoms. The van der Waals surface area contributed by atoms with Crippen molar-refractivity contribution in [2.45, 2.75) is 13.2 Å². The number of hydrogen-bond donors (Lipinski definition) is 1. The molecule has 1 heterocycles. The maximum atomic E-state index is 11.6. The zero-order chi connectivity index (χ0) is 14.1. The first-order valence-electron chi connectivity index (χ1n) is 6.13. The Labute approximate surface area is 114 Å². The van der Waals surface area contributed by atoms with E-state index in [4.69, 9.17) is 4.74 Å². The van der Waals surface area contributed by atoms with E-state index in [1.807, 2.05) is 31.1 Å². The van der Waals surface area contributed by atoms with E-state index in [0.29, 0.717) is 13.2 Å². The SMILES string of the molecule is COCc1cnccc1CNC(=O)/C=C/CN(C)C. The summed E-state index contributed by atoms with van der Waals surface area (Å²) in [4.78, 5) is 17.6. The Morgan fingerprint density at radius 1 is 1.47 bits per heavy atom. The molecule has 0 aliphatic carbocycles. The van der Waals surface area contributed by atoms with Crippen molar-refractivity contribution in [2.75, 3.05) is 27.7 Å². The number of hydrogen-bond acceptors (Lipinski definition) is 4. The van der Waals surface area contributed by atoms with Gasteiger partial charge in [0.25, 0.3) is 0 Å². The molecule has 0 atom stereocenters. The van der Waals surface area contributed by atoms with Gasteiger partial charge in [-0.1, -0.05) is 6.08 Å². The van der Waals surface area contributed by atoms with E-state index in [1.54, 1.807) is 25.6 Å². The standard InChI is InChI=1S/C14H21N3O2/c1-17(2)8-4-5-14(18)16-10-12-6-7-15-9-13(12)11-19-3/h4-7,9H,8,10-11H2,1-3H3,(H,16,18)/b5-4+. The van der Waals surface area contributed by atoms with Crippen LogP contribution in [-0.2, 0) is 22.7 Å². The molecule has 1 amide bonds. The van der Waals surface area contributed by atoms with Crippen LogP contribution >= 0.6 is 0 Å². The van der Waals surface area contributed by atoms with Crippen molar-refractivity contribution in [1.82, 2.24) is 15.2 Å². The van der Waals surface area contributed by atoms with Gasteiger partial charge in [-0.05, 0) is 25.7 Å². The third kappa shape index (κ3) is 6.13. The lowest BCUT2D eigenvalue weighted by atomic mass is 10.1. The Bertz CT molecular complexity index is 430. The van der Waals surface area contributed by atoms with Crippen LogP contribution < -0.4 is 5.32 Å². The second-order valence-corrected chi connectivity index (χ2v) is 4.46. The van der Waals surface area contributed by atoms with E-state index in [2.05, 4.69) is 10.3 Å². The first-order valence-corrected chi connectivity index (χ1v) is 6.13. The molecule has 104 valence electrons. The number of nitrogens with zero attached hydrogens (tertiary/aromatic N) is 2. The molecule has 0 bridgehead atoms. The minimum atomic E-state index is -0.0953. The van der Waals surface area contributed by atoms with Gasteiger partial charge in [0.1, 0.15) is 0 Å². The van der Waals surface area contributed by atoms with Gasteiger partial charge in [0.15, 0.2) is 0 Å². The molecule has 0 unspecified atom stereocenters. The van der Waals surface area contributed by atoms with E-state index in [1.165, 1.54) is 0 Å². The molecular formula is C14H21N3O2. The van der Waals surface area contributed by atoms with Gasteiger partial charge >= 0.3 is 0 Å². The molecule has 0 aliphatic rings. The molecule has 1 rings (SSSR count). The van der Waals surface area contributed by atoms with Crippen LogP contribution in [0.3, 0.4) is 0 Å². The molecule has 0 fully saturated rings. The van der Waals surface area contributed by atoms with Gasteiger partial charge < -0.3 is 15.0 Å². The number of carbonyl (C=O) groups is 1. The minimum absolute atomic E-state index is 0.0953. The maximum Gasteiger partial charge on any atom is 0.243 e. The molecule has 0 saturated carbocycles. The number of pyridine rings is 1. The topological polar surface area (TPSA) is 54.5 Å². The Hall–Kier alpha value is -1.72. The number of methoxy groups -OCH3 is 1. The number of rotatable bonds is 7. The highest BCUT2D eigenvalue weighted by Gasteiger charge is 2.03. The molecular weight excluding hydrogens is 242 g/mol. The van der Waals surface area contributed by atoms with Crippen LogP contribution in [0.5, 0.6) is 0 Å².